The minimum absolute atomic E-state index is 0.328. The first-order valence-electron chi connectivity index (χ1n) is 7.89. The molecule has 102 valence electrons. The van der Waals surface area contributed by atoms with E-state index in [1.54, 1.807) is 0 Å². The van der Waals surface area contributed by atoms with E-state index in [-0.39, 0.29) is 0 Å². The van der Waals surface area contributed by atoms with Crippen LogP contribution in [0, 0.1) is 23.7 Å². The van der Waals surface area contributed by atoms with Gasteiger partial charge in [0.15, 0.2) is 5.78 Å². The van der Waals surface area contributed by atoms with Gasteiger partial charge < -0.3 is 0 Å². The van der Waals surface area contributed by atoms with Gasteiger partial charge in [0, 0.05) is 5.92 Å². The Bertz CT molecular complexity index is 441. The zero-order valence-corrected chi connectivity index (χ0v) is 11.8. The number of Topliss-reactive ketones (excluding diaryl/α,β-unsaturated/α-hetero) is 1. The third kappa shape index (κ3) is 2.35. The van der Waals surface area contributed by atoms with E-state index < -0.39 is 0 Å². The quantitative estimate of drug-likeness (QED) is 0.403. The minimum atomic E-state index is 0.328. The molecule has 0 radical (unpaired) electrons. The lowest BCUT2D eigenvalue weighted by Gasteiger charge is -2.17. The first-order chi connectivity index (χ1) is 9.31. The van der Waals surface area contributed by atoms with E-state index >= 15 is 0 Å². The van der Waals surface area contributed by atoms with Crippen LogP contribution in [0.25, 0.3) is 0 Å². The van der Waals surface area contributed by atoms with Crippen LogP contribution in [0.15, 0.2) is 36.0 Å². The van der Waals surface area contributed by atoms with Crippen LogP contribution in [0.4, 0.5) is 0 Å². The Hall–Kier alpha value is -1.11. The lowest BCUT2D eigenvalue weighted by atomic mass is 9.86. The number of allylic oxidation sites excluding steroid dienone is 6. The highest BCUT2D eigenvalue weighted by Gasteiger charge is 2.52. The van der Waals surface area contributed by atoms with E-state index in [4.69, 9.17) is 0 Å². The van der Waals surface area contributed by atoms with Crippen LogP contribution < -0.4 is 0 Å². The molecule has 0 aromatic rings. The number of carbonyl (C=O) groups excluding carboxylic acids is 1. The first kappa shape index (κ1) is 12.9. The molecule has 3 aliphatic carbocycles. The van der Waals surface area contributed by atoms with E-state index in [0.29, 0.717) is 29.5 Å². The van der Waals surface area contributed by atoms with Crippen molar-refractivity contribution in [2.45, 2.75) is 45.4 Å². The maximum absolute atomic E-state index is 12.4. The van der Waals surface area contributed by atoms with Gasteiger partial charge in [-0.2, -0.15) is 0 Å². The summed E-state index contributed by atoms with van der Waals surface area (Å²) in [6.07, 6.45) is 18.3. The lowest BCUT2D eigenvalue weighted by Crippen LogP contribution is -2.19. The van der Waals surface area contributed by atoms with Gasteiger partial charge in [-0.15, -0.1) is 0 Å². The molecule has 0 heterocycles. The maximum atomic E-state index is 12.4. The van der Waals surface area contributed by atoms with Crippen molar-refractivity contribution in [3.05, 3.63) is 36.0 Å². The molecule has 1 heteroatoms. The van der Waals surface area contributed by atoms with Gasteiger partial charge in [-0.05, 0) is 49.0 Å². The highest BCUT2D eigenvalue weighted by molar-refractivity contribution is 6.00. The van der Waals surface area contributed by atoms with Crippen molar-refractivity contribution in [2.24, 2.45) is 23.7 Å². The topological polar surface area (TPSA) is 17.1 Å². The minimum Gasteiger partial charge on any atom is -0.294 e. The van der Waals surface area contributed by atoms with Gasteiger partial charge in [0.1, 0.15) is 0 Å². The molecule has 2 saturated carbocycles. The average molecular weight is 256 g/mol. The predicted octanol–water partition coefficient (Wildman–Crippen LogP) is 4.46. The molecule has 3 rings (SSSR count). The average Bonchev–Trinajstić information content (AvgIpc) is 3.08. The van der Waals surface area contributed by atoms with Gasteiger partial charge in [-0.1, -0.05) is 50.1 Å². The number of hydrogen-bond acceptors (Lipinski definition) is 1. The summed E-state index contributed by atoms with van der Waals surface area (Å²) in [4.78, 5) is 12.4. The smallest absolute Gasteiger partial charge is 0.162 e. The second kappa shape index (κ2) is 5.48. The summed E-state index contributed by atoms with van der Waals surface area (Å²) < 4.78 is 0. The van der Waals surface area contributed by atoms with E-state index in [1.165, 1.54) is 25.7 Å². The van der Waals surface area contributed by atoms with Crippen molar-refractivity contribution in [3.63, 3.8) is 0 Å². The summed E-state index contributed by atoms with van der Waals surface area (Å²) in [6.45, 7) is 2.23. The lowest BCUT2D eigenvalue weighted by molar-refractivity contribution is -0.119. The molecule has 0 saturated heterocycles. The molecule has 0 amide bonds. The van der Waals surface area contributed by atoms with E-state index in [2.05, 4.69) is 37.3 Å². The predicted molar refractivity (Wildman–Crippen MR) is 78.7 cm³/mol. The number of ketones is 1. The molecule has 19 heavy (non-hydrogen) atoms. The number of rotatable bonds is 5. The van der Waals surface area contributed by atoms with E-state index in [0.717, 1.165) is 18.4 Å². The van der Waals surface area contributed by atoms with Gasteiger partial charge in [-0.3, -0.25) is 4.79 Å². The SMILES string of the molecule is CCCCC/C=C/C=C1\C[C@H]2[C@@H](C1=O)[C@H]1C=C[C@@H]2C1. The molecule has 0 spiro atoms. The third-order valence-corrected chi connectivity index (χ3v) is 5.11. The molecular weight excluding hydrogens is 232 g/mol. The Labute approximate surface area is 116 Å². The zero-order valence-electron chi connectivity index (χ0n) is 11.8. The van der Waals surface area contributed by atoms with Gasteiger partial charge >= 0.3 is 0 Å². The Balaban J connectivity index is 1.58. The molecule has 0 N–H and O–H groups in total. The van der Waals surface area contributed by atoms with Crippen molar-refractivity contribution in [1.29, 1.82) is 0 Å². The fraction of sp³-hybridized carbons (Fsp3) is 0.611. The summed E-state index contributed by atoms with van der Waals surface area (Å²) in [7, 11) is 0. The second-order valence-corrected chi connectivity index (χ2v) is 6.32. The van der Waals surface area contributed by atoms with Crippen LogP contribution in [0.2, 0.25) is 0 Å². The molecule has 2 bridgehead atoms. The molecule has 4 atom stereocenters. The highest BCUT2D eigenvalue weighted by Crippen LogP contribution is 2.55. The van der Waals surface area contributed by atoms with Crippen LogP contribution in [-0.4, -0.2) is 5.78 Å². The normalized spacial score (nSPS) is 37.9. The Morgan fingerprint density at radius 2 is 2.11 bits per heavy atom. The molecule has 0 unspecified atom stereocenters. The van der Waals surface area contributed by atoms with Crippen LogP contribution >= 0.6 is 0 Å². The van der Waals surface area contributed by atoms with E-state index in [9.17, 15) is 4.79 Å². The standard InChI is InChI=1S/C18H24O/c1-2-3-4-5-6-7-8-15-12-16-13-9-10-14(11-13)17(16)18(15)19/h6-10,13-14,16-17H,2-5,11-12H2,1H3/b7-6+,15-8+/t13-,14+,16-,17+/m1/s1. The number of unbranched alkanes of at least 4 members (excludes halogenated alkanes) is 3. The summed E-state index contributed by atoms with van der Waals surface area (Å²) in [5.41, 5.74) is 1.08. The number of fused-ring (bicyclic) bond motifs is 5. The molecule has 0 aromatic heterocycles. The number of hydrogen-bond donors (Lipinski definition) is 0. The van der Waals surface area contributed by atoms with Gasteiger partial charge in [0.25, 0.3) is 0 Å². The van der Waals surface area contributed by atoms with Crippen molar-refractivity contribution >= 4 is 5.78 Å². The fourth-order valence-corrected chi connectivity index (χ4v) is 4.10. The fourth-order valence-electron chi connectivity index (χ4n) is 4.10. The highest BCUT2D eigenvalue weighted by atomic mass is 16.1. The zero-order chi connectivity index (χ0) is 13.2. The van der Waals surface area contributed by atoms with E-state index in [1.807, 2.05) is 0 Å². The van der Waals surface area contributed by atoms with Crippen molar-refractivity contribution in [3.8, 4) is 0 Å². The Morgan fingerprint density at radius 3 is 2.89 bits per heavy atom. The van der Waals surface area contributed by atoms with Crippen molar-refractivity contribution in [2.75, 3.05) is 0 Å². The molecule has 0 aliphatic heterocycles. The summed E-state index contributed by atoms with van der Waals surface area (Å²) in [5, 5.41) is 0. The van der Waals surface area contributed by atoms with Gasteiger partial charge in [0.05, 0.1) is 0 Å². The summed E-state index contributed by atoms with van der Waals surface area (Å²) in [6, 6.07) is 0. The largest absolute Gasteiger partial charge is 0.294 e. The molecular formula is C18H24O. The summed E-state index contributed by atoms with van der Waals surface area (Å²) >= 11 is 0. The molecule has 0 aromatic carbocycles. The molecule has 2 fully saturated rings. The Morgan fingerprint density at radius 1 is 1.26 bits per heavy atom. The van der Waals surface area contributed by atoms with Crippen LogP contribution in [0.3, 0.4) is 0 Å². The monoisotopic (exact) mass is 256 g/mol. The second-order valence-electron chi connectivity index (χ2n) is 6.32. The van der Waals surface area contributed by atoms with Gasteiger partial charge in [-0.25, -0.2) is 0 Å². The van der Waals surface area contributed by atoms with Crippen LogP contribution in [0.1, 0.15) is 45.4 Å². The summed E-state index contributed by atoms with van der Waals surface area (Å²) in [5.74, 6) is 2.65. The van der Waals surface area contributed by atoms with Crippen molar-refractivity contribution in [1.82, 2.24) is 0 Å². The van der Waals surface area contributed by atoms with Crippen molar-refractivity contribution < 1.29 is 4.79 Å². The van der Waals surface area contributed by atoms with Crippen LogP contribution in [0.5, 0.6) is 0 Å². The van der Waals surface area contributed by atoms with Gasteiger partial charge in [0.2, 0.25) is 0 Å². The Kier molecular flexibility index (Phi) is 3.72. The number of carbonyl (C=O) groups is 1. The maximum Gasteiger partial charge on any atom is 0.162 e. The molecule has 3 aliphatic rings. The molecule has 1 nitrogen and oxygen atoms in total. The van der Waals surface area contributed by atoms with Crippen LogP contribution in [-0.2, 0) is 4.79 Å². The third-order valence-electron chi connectivity index (χ3n) is 5.11. The first-order valence-corrected chi connectivity index (χ1v) is 7.89.